The summed E-state index contributed by atoms with van der Waals surface area (Å²) >= 11 is 1.93. The maximum atomic E-state index is 10.7. The monoisotopic (exact) mass is 186 g/mol. The number of hydrogen-bond acceptors (Lipinski definition) is 2. The smallest absolute Gasteiger partial charge is 0.303 e. The topological polar surface area (TPSA) is 37.3 Å². The molecule has 0 aromatic rings. The zero-order valence-electron chi connectivity index (χ0n) is 7.08. The Morgan fingerprint density at radius 2 is 2.33 bits per heavy atom. The van der Waals surface area contributed by atoms with Crippen LogP contribution in [0.5, 0.6) is 0 Å². The van der Waals surface area contributed by atoms with Crippen LogP contribution >= 0.6 is 11.8 Å². The summed E-state index contributed by atoms with van der Waals surface area (Å²) in [7, 11) is 0. The van der Waals surface area contributed by atoms with Crippen LogP contribution in [0.3, 0.4) is 0 Å². The Morgan fingerprint density at radius 1 is 1.58 bits per heavy atom. The number of thioether (sulfide) groups is 1. The summed E-state index contributed by atoms with van der Waals surface area (Å²) in [5.74, 6) is 2.39. The molecule has 1 atom stereocenters. The van der Waals surface area contributed by atoms with Gasteiger partial charge in [0.15, 0.2) is 0 Å². The third kappa shape index (κ3) is 1.47. The van der Waals surface area contributed by atoms with Crippen molar-refractivity contribution < 1.29 is 9.90 Å². The van der Waals surface area contributed by atoms with E-state index < -0.39 is 5.97 Å². The average Bonchev–Trinajstić information content (AvgIpc) is 2.75. The maximum absolute atomic E-state index is 10.7. The molecule has 68 valence electrons. The molecular formula is C9H14O2S. The summed E-state index contributed by atoms with van der Waals surface area (Å²) in [4.78, 5) is 10.7. The van der Waals surface area contributed by atoms with E-state index >= 15 is 0 Å². The summed E-state index contributed by atoms with van der Waals surface area (Å²) in [6.45, 7) is 0. The highest BCUT2D eigenvalue weighted by Gasteiger charge is 2.48. The molecule has 1 saturated heterocycles. The van der Waals surface area contributed by atoms with Crippen molar-refractivity contribution in [2.24, 2.45) is 11.3 Å². The molecule has 0 aromatic heterocycles. The van der Waals surface area contributed by atoms with Crippen LogP contribution in [0.15, 0.2) is 0 Å². The van der Waals surface area contributed by atoms with Crippen LogP contribution < -0.4 is 0 Å². The predicted octanol–water partition coefficient (Wildman–Crippen LogP) is 1.99. The van der Waals surface area contributed by atoms with E-state index in [1.807, 2.05) is 11.8 Å². The van der Waals surface area contributed by atoms with Crippen LogP contribution in [0.25, 0.3) is 0 Å². The molecule has 12 heavy (non-hydrogen) atoms. The van der Waals surface area contributed by atoms with Gasteiger partial charge >= 0.3 is 5.97 Å². The molecule has 1 unspecified atom stereocenters. The summed E-state index contributed by atoms with van der Waals surface area (Å²) in [5.41, 5.74) is 0.191. The fourth-order valence-corrected chi connectivity index (χ4v) is 3.81. The summed E-state index contributed by atoms with van der Waals surface area (Å²) in [5, 5.41) is 8.81. The van der Waals surface area contributed by atoms with Gasteiger partial charge in [0.25, 0.3) is 0 Å². The molecule has 0 amide bonds. The molecular weight excluding hydrogens is 172 g/mol. The molecule has 1 aliphatic heterocycles. The average molecular weight is 186 g/mol. The zero-order valence-corrected chi connectivity index (χ0v) is 7.90. The quantitative estimate of drug-likeness (QED) is 0.732. The van der Waals surface area contributed by atoms with Gasteiger partial charge in [0, 0.05) is 0 Å². The first kappa shape index (κ1) is 8.42. The van der Waals surface area contributed by atoms with Crippen molar-refractivity contribution in [2.75, 3.05) is 11.5 Å². The Hall–Kier alpha value is -0.180. The third-order valence-electron chi connectivity index (χ3n) is 3.08. The Bertz CT molecular complexity index is 193. The number of aliphatic carboxylic acids is 1. The number of hydrogen-bond donors (Lipinski definition) is 1. The first-order valence-electron chi connectivity index (χ1n) is 4.52. The van der Waals surface area contributed by atoms with Gasteiger partial charge in [-0.3, -0.25) is 4.79 Å². The standard InChI is InChI=1S/C9H14O2S/c10-8(11)5-9(7-1-2-7)3-4-12-6-9/h7H,1-6H2,(H,10,11). The van der Waals surface area contributed by atoms with E-state index in [1.165, 1.54) is 18.6 Å². The minimum Gasteiger partial charge on any atom is -0.481 e. The molecule has 2 fully saturated rings. The highest BCUT2D eigenvalue weighted by Crippen LogP contribution is 2.55. The minimum atomic E-state index is -0.607. The van der Waals surface area contributed by atoms with Gasteiger partial charge in [-0.05, 0) is 42.1 Å². The van der Waals surface area contributed by atoms with Gasteiger partial charge < -0.3 is 5.11 Å². The van der Waals surface area contributed by atoms with E-state index in [-0.39, 0.29) is 5.41 Å². The highest BCUT2D eigenvalue weighted by molar-refractivity contribution is 7.99. The lowest BCUT2D eigenvalue weighted by molar-refractivity contribution is -0.139. The van der Waals surface area contributed by atoms with Crippen LogP contribution in [0.1, 0.15) is 25.7 Å². The van der Waals surface area contributed by atoms with Gasteiger partial charge in [-0.25, -0.2) is 0 Å². The lowest BCUT2D eigenvalue weighted by atomic mass is 9.79. The predicted molar refractivity (Wildman–Crippen MR) is 49.4 cm³/mol. The molecule has 2 rings (SSSR count). The molecule has 1 heterocycles. The molecule has 1 saturated carbocycles. The van der Waals surface area contributed by atoms with Crippen LogP contribution in [-0.2, 0) is 4.79 Å². The van der Waals surface area contributed by atoms with Crippen LogP contribution in [0.2, 0.25) is 0 Å². The second kappa shape index (κ2) is 2.95. The first-order valence-corrected chi connectivity index (χ1v) is 5.68. The van der Waals surface area contributed by atoms with Gasteiger partial charge in [-0.15, -0.1) is 0 Å². The lowest BCUT2D eigenvalue weighted by Crippen LogP contribution is -2.26. The van der Waals surface area contributed by atoms with E-state index in [0.717, 1.165) is 18.1 Å². The normalized spacial score (nSPS) is 35.3. The van der Waals surface area contributed by atoms with Crippen LogP contribution in [0.4, 0.5) is 0 Å². The molecule has 0 bridgehead atoms. The first-order chi connectivity index (χ1) is 5.73. The van der Waals surface area contributed by atoms with Gasteiger partial charge in [-0.1, -0.05) is 0 Å². The molecule has 2 nitrogen and oxygen atoms in total. The van der Waals surface area contributed by atoms with Gasteiger partial charge in [-0.2, -0.15) is 11.8 Å². The van der Waals surface area contributed by atoms with Gasteiger partial charge in [0.2, 0.25) is 0 Å². The van der Waals surface area contributed by atoms with Crippen molar-refractivity contribution in [3.05, 3.63) is 0 Å². The molecule has 0 aromatic carbocycles. The van der Waals surface area contributed by atoms with Crippen molar-refractivity contribution in [1.82, 2.24) is 0 Å². The fraction of sp³-hybridized carbons (Fsp3) is 0.889. The van der Waals surface area contributed by atoms with E-state index in [4.69, 9.17) is 5.11 Å². The number of carbonyl (C=O) groups is 1. The van der Waals surface area contributed by atoms with Crippen LogP contribution in [-0.4, -0.2) is 22.6 Å². The van der Waals surface area contributed by atoms with E-state index in [0.29, 0.717) is 6.42 Å². The van der Waals surface area contributed by atoms with Gasteiger partial charge in [0.05, 0.1) is 6.42 Å². The van der Waals surface area contributed by atoms with Crippen molar-refractivity contribution in [1.29, 1.82) is 0 Å². The highest BCUT2D eigenvalue weighted by atomic mass is 32.2. The molecule has 0 radical (unpaired) electrons. The van der Waals surface area contributed by atoms with E-state index in [2.05, 4.69) is 0 Å². The van der Waals surface area contributed by atoms with E-state index in [1.54, 1.807) is 0 Å². The number of rotatable bonds is 3. The summed E-state index contributed by atoms with van der Waals surface area (Å²) < 4.78 is 0. The molecule has 0 spiro atoms. The van der Waals surface area contributed by atoms with E-state index in [9.17, 15) is 4.79 Å². The number of carboxylic acids is 1. The lowest BCUT2D eigenvalue weighted by Gasteiger charge is -2.25. The summed E-state index contributed by atoms with van der Waals surface area (Å²) in [6, 6.07) is 0. The van der Waals surface area contributed by atoms with Crippen molar-refractivity contribution in [3.63, 3.8) is 0 Å². The Balaban J connectivity index is 2.04. The Morgan fingerprint density at radius 3 is 2.75 bits per heavy atom. The summed E-state index contributed by atoms with van der Waals surface area (Å²) in [6.07, 6.45) is 4.08. The van der Waals surface area contributed by atoms with Crippen molar-refractivity contribution in [3.8, 4) is 0 Å². The Kier molecular flexibility index (Phi) is 2.07. The SMILES string of the molecule is O=C(O)CC1(C2CC2)CCSC1. The van der Waals surface area contributed by atoms with Gasteiger partial charge in [0.1, 0.15) is 0 Å². The van der Waals surface area contributed by atoms with Crippen LogP contribution in [0, 0.1) is 11.3 Å². The maximum Gasteiger partial charge on any atom is 0.303 e. The molecule has 1 N–H and O–H groups in total. The second-order valence-corrected chi connectivity index (χ2v) is 5.11. The van der Waals surface area contributed by atoms with Crippen molar-refractivity contribution >= 4 is 17.7 Å². The largest absolute Gasteiger partial charge is 0.481 e. The Labute approximate surface area is 76.7 Å². The zero-order chi connectivity index (χ0) is 8.60. The fourth-order valence-electron chi connectivity index (χ4n) is 2.23. The van der Waals surface area contributed by atoms with Crippen molar-refractivity contribution in [2.45, 2.75) is 25.7 Å². The minimum absolute atomic E-state index is 0.191. The third-order valence-corrected chi connectivity index (χ3v) is 4.35. The number of carboxylic acid groups (broad SMARTS) is 1. The molecule has 2 aliphatic rings. The molecule has 1 aliphatic carbocycles. The second-order valence-electron chi connectivity index (χ2n) is 4.01. The molecule has 3 heteroatoms.